The summed E-state index contributed by atoms with van der Waals surface area (Å²) in [6, 6.07) is 2.59. The first kappa shape index (κ1) is 13.2. The van der Waals surface area contributed by atoms with Gasteiger partial charge in [-0.05, 0) is 12.1 Å². The average molecular weight is 266 g/mol. The van der Waals surface area contributed by atoms with E-state index >= 15 is 0 Å². The Balaban J connectivity index is 2.25. The van der Waals surface area contributed by atoms with E-state index in [4.69, 9.17) is 5.73 Å². The van der Waals surface area contributed by atoms with Crippen LogP contribution in [-0.2, 0) is 13.6 Å². The molecule has 0 unspecified atom stereocenters. The van der Waals surface area contributed by atoms with Crippen LogP contribution in [0.25, 0.3) is 0 Å². The Bertz CT molecular complexity index is 604. The maximum atomic E-state index is 13.0. The van der Waals surface area contributed by atoms with Crippen molar-refractivity contribution in [2.75, 3.05) is 5.32 Å². The van der Waals surface area contributed by atoms with Crippen molar-refractivity contribution in [3.05, 3.63) is 47.2 Å². The lowest BCUT2D eigenvalue weighted by Gasteiger charge is -2.04. The fraction of sp³-hybridized carbons (Fsp3) is 0.167. The first-order chi connectivity index (χ1) is 8.99. The van der Waals surface area contributed by atoms with Crippen LogP contribution in [0.1, 0.15) is 15.9 Å². The number of nitrogens with zero attached hydrogens (tertiary/aromatic N) is 2. The zero-order valence-corrected chi connectivity index (χ0v) is 10.2. The second-order valence-electron chi connectivity index (χ2n) is 3.99. The van der Waals surface area contributed by atoms with Crippen LogP contribution in [0.5, 0.6) is 0 Å². The fourth-order valence-electron chi connectivity index (χ4n) is 1.66. The van der Waals surface area contributed by atoms with E-state index in [9.17, 15) is 13.6 Å². The monoisotopic (exact) mass is 266 g/mol. The second kappa shape index (κ2) is 5.15. The molecule has 0 spiro atoms. The van der Waals surface area contributed by atoms with Gasteiger partial charge in [0.25, 0.3) is 5.91 Å². The predicted molar refractivity (Wildman–Crippen MR) is 65.4 cm³/mol. The number of halogens is 2. The molecule has 1 aromatic heterocycles. The lowest BCUT2D eigenvalue weighted by Crippen LogP contribution is -2.15. The number of anilines is 1. The van der Waals surface area contributed by atoms with Crippen molar-refractivity contribution in [3.63, 3.8) is 0 Å². The van der Waals surface area contributed by atoms with E-state index in [1.165, 1.54) is 4.68 Å². The molecule has 0 bridgehead atoms. The molecule has 0 aliphatic rings. The Morgan fingerprint density at radius 2 is 2.00 bits per heavy atom. The van der Waals surface area contributed by atoms with Gasteiger partial charge in [0.1, 0.15) is 11.6 Å². The minimum absolute atomic E-state index is 0.119. The van der Waals surface area contributed by atoms with Crippen molar-refractivity contribution in [1.29, 1.82) is 0 Å². The lowest BCUT2D eigenvalue weighted by atomic mass is 10.2. The molecule has 100 valence electrons. The number of hydrogen-bond donors (Lipinski definition) is 2. The largest absolute Gasteiger partial charge is 0.326 e. The normalized spacial score (nSPS) is 10.5. The van der Waals surface area contributed by atoms with Gasteiger partial charge in [-0.2, -0.15) is 5.10 Å². The molecule has 1 amide bonds. The molecule has 2 aromatic rings. The summed E-state index contributed by atoms with van der Waals surface area (Å²) in [5, 5.41) is 6.48. The fourth-order valence-corrected chi connectivity index (χ4v) is 1.66. The molecule has 0 saturated heterocycles. The Hall–Kier alpha value is -2.28. The number of nitrogens with one attached hydrogen (secondary N) is 1. The summed E-state index contributed by atoms with van der Waals surface area (Å²) in [4.78, 5) is 11.9. The van der Waals surface area contributed by atoms with Crippen LogP contribution in [0.15, 0.2) is 24.4 Å². The highest BCUT2D eigenvalue weighted by Crippen LogP contribution is 2.14. The standard InChI is InChI=1S/C12H12F2N4O/c1-18-6-8(5-15)11(17-18)16-12(19)7-2-9(13)4-10(14)3-7/h2-4,6H,5,15H2,1H3,(H,16,17,19). The molecule has 0 aliphatic carbocycles. The zero-order valence-electron chi connectivity index (χ0n) is 10.2. The number of aromatic nitrogens is 2. The number of carbonyl (C=O) groups excluding carboxylic acids is 1. The lowest BCUT2D eigenvalue weighted by molar-refractivity contribution is 0.102. The molecule has 1 heterocycles. The van der Waals surface area contributed by atoms with Gasteiger partial charge >= 0.3 is 0 Å². The molecular weight excluding hydrogens is 254 g/mol. The third-order valence-electron chi connectivity index (χ3n) is 2.48. The molecule has 5 nitrogen and oxygen atoms in total. The van der Waals surface area contributed by atoms with E-state index in [0.29, 0.717) is 11.6 Å². The SMILES string of the molecule is Cn1cc(CN)c(NC(=O)c2cc(F)cc(F)c2)n1. The molecule has 1 aromatic carbocycles. The number of rotatable bonds is 3. The van der Waals surface area contributed by atoms with Gasteiger partial charge in [-0.15, -0.1) is 0 Å². The van der Waals surface area contributed by atoms with Crippen molar-refractivity contribution < 1.29 is 13.6 Å². The zero-order chi connectivity index (χ0) is 14.0. The van der Waals surface area contributed by atoms with Crippen LogP contribution in [0.4, 0.5) is 14.6 Å². The van der Waals surface area contributed by atoms with Gasteiger partial charge in [0.15, 0.2) is 5.82 Å². The maximum Gasteiger partial charge on any atom is 0.257 e. The van der Waals surface area contributed by atoms with Crippen molar-refractivity contribution in [2.24, 2.45) is 12.8 Å². The molecule has 0 aliphatic heterocycles. The highest BCUT2D eigenvalue weighted by Gasteiger charge is 2.13. The van der Waals surface area contributed by atoms with Gasteiger partial charge in [-0.25, -0.2) is 8.78 Å². The Labute approximate surface area is 108 Å². The number of benzene rings is 1. The van der Waals surface area contributed by atoms with Crippen LogP contribution < -0.4 is 11.1 Å². The van der Waals surface area contributed by atoms with E-state index in [-0.39, 0.29) is 17.9 Å². The first-order valence-electron chi connectivity index (χ1n) is 5.49. The molecule has 7 heteroatoms. The van der Waals surface area contributed by atoms with Crippen molar-refractivity contribution >= 4 is 11.7 Å². The van der Waals surface area contributed by atoms with Gasteiger partial charge in [-0.1, -0.05) is 0 Å². The molecule has 3 N–H and O–H groups in total. The topological polar surface area (TPSA) is 72.9 Å². The highest BCUT2D eigenvalue weighted by atomic mass is 19.1. The Morgan fingerprint density at radius 1 is 1.37 bits per heavy atom. The first-order valence-corrected chi connectivity index (χ1v) is 5.49. The summed E-state index contributed by atoms with van der Waals surface area (Å²) in [7, 11) is 1.68. The quantitative estimate of drug-likeness (QED) is 0.882. The smallest absolute Gasteiger partial charge is 0.257 e. The number of aryl methyl sites for hydroxylation is 1. The van der Waals surface area contributed by atoms with Crippen molar-refractivity contribution in [2.45, 2.75) is 6.54 Å². The minimum atomic E-state index is -0.815. The van der Waals surface area contributed by atoms with Crippen LogP contribution in [-0.4, -0.2) is 15.7 Å². The third-order valence-corrected chi connectivity index (χ3v) is 2.48. The second-order valence-corrected chi connectivity index (χ2v) is 3.99. The van der Waals surface area contributed by atoms with E-state index in [2.05, 4.69) is 10.4 Å². The summed E-state index contributed by atoms with van der Waals surface area (Å²) >= 11 is 0. The molecule has 0 radical (unpaired) electrons. The number of hydrogen-bond acceptors (Lipinski definition) is 3. The Morgan fingerprint density at radius 3 is 2.58 bits per heavy atom. The third kappa shape index (κ3) is 2.94. The Kier molecular flexibility index (Phi) is 3.57. The van der Waals surface area contributed by atoms with Crippen molar-refractivity contribution in [3.8, 4) is 0 Å². The number of amides is 1. The summed E-state index contributed by atoms with van der Waals surface area (Å²) in [5.41, 5.74) is 6.01. The van der Waals surface area contributed by atoms with E-state index < -0.39 is 17.5 Å². The summed E-state index contributed by atoms with van der Waals surface area (Å²) in [5.74, 6) is -2.00. The number of nitrogens with two attached hydrogens (primary N) is 1. The molecule has 2 rings (SSSR count). The molecule has 19 heavy (non-hydrogen) atoms. The summed E-state index contributed by atoms with van der Waals surface area (Å²) < 4.78 is 27.5. The van der Waals surface area contributed by atoms with Crippen LogP contribution in [0, 0.1) is 11.6 Å². The number of carbonyl (C=O) groups is 1. The van der Waals surface area contributed by atoms with E-state index in [1.807, 2.05) is 0 Å². The predicted octanol–water partition coefficient (Wildman–Crippen LogP) is 1.41. The maximum absolute atomic E-state index is 13.0. The molecule has 0 atom stereocenters. The van der Waals surface area contributed by atoms with Gasteiger partial charge < -0.3 is 11.1 Å². The molecular formula is C12H12F2N4O. The van der Waals surface area contributed by atoms with E-state index in [1.54, 1.807) is 13.2 Å². The molecule has 0 fully saturated rings. The van der Waals surface area contributed by atoms with Crippen LogP contribution in [0.3, 0.4) is 0 Å². The molecule has 0 saturated carbocycles. The summed E-state index contributed by atoms with van der Waals surface area (Å²) in [6.45, 7) is 0.195. The van der Waals surface area contributed by atoms with Crippen LogP contribution >= 0.6 is 0 Å². The van der Waals surface area contributed by atoms with Crippen LogP contribution in [0.2, 0.25) is 0 Å². The van der Waals surface area contributed by atoms with E-state index in [0.717, 1.165) is 12.1 Å². The van der Waals surface area contributed by atoms with Gasteiger partial charge in [0.2, 0.25) is 0 Å². The van der Waals surface area contributed by atoms with Gasteiger partial charge in [0, 0.05) is 37.0 Å². The minimum Gasteiger partial charge on any atom is -0.326 e. The average Bonchev–Trinajstić information content (AvgIpc) is 2.68. The summed E-state index contributed by atoms with van der Waals surface area (Å²) in [6.07, 6.45) is 1.65. The van der Waals surface area contributed by atoms with Gasteiger partial charge in [-0.3, -0.25) is 9.48 Å². The van der Waals surface area contributed by atoms with Crippen molar-refractivity contribution in [1.82, 2.24) is 9.78 Å². The van der Waals surface area contributed by atoms with Gasteiger partial charge in [0.05, 0.1) is 0 Å². The highest BCUT2D eigenvalue weighted by molar-refractivity contribution is 6.04.